The molecule has 0 saturated heterocycles. The molecule has 1 aromatic rings. The number of ether oxygens (including phenoxy) is 1. The highest BCUT2D eigenvalue weighted by Crippen LogP contribution is 2.29. The van der Waals surface area contributed by atoms with Gasteiger partial charge >= 0.3 is 6.18 Å². The van der Waals surface area contributed by atoms with E-state index in [0.29, 0.717) is 0 Å². The first kappa shape index (κ1) is 14.8. The second-order valence-corrected chi connectivity index (χ2v) is 4.72. The minimum Gasteiger partial charge on any atom is -0.381 e. The van der Waals surface area contributed by atoms with E-state index >= 15 is 0 Å². The Bertz CT molecular complexity index is 467. The predicted octanol–water partition coefficient (Wildman–Crippen LogP) is 2.52. The molecule has 8 heteroatoms. The summed E-state index contributed by atoms with van der Waals surface area (Å²) >= 11 is 0. The fourth-order valence-electron chi connectivity index (χ4n) is 2.27. The molecule has 112 valence electrons. The van der Waals surface area contributed by atoms with Crippen LogP contribution in [-0.4, -0.2) is 36.3 Å². The Balaban J connectivity index is 2.15. The van der Waals surface area contributed by atoms with Crippen molar-refractivity contribution in [3.05, 3.63) is 11.9 Å². The average Bonchev–Trinajstić information content (AvgIpc) is 2.85. The quantitative estimate of drug-likeness (QED) is 0.892. The van der Waals surface area contributed by atoms with Crippen LogP contribution in [0.3, 0.4) is 0 Å². The van der Waals surface area contributed by atoms with Crippen molar-refractivity contribution in [3.63, 3.8) is 0 Å². The maximum absolute atomic E-state index is 12.7. The Morgan fingerprint density at radius 2 is 1.95 bits per heavy atom. The lowest BCUT2D eigenvalue weighted by Gasteiger charge is -2.16. The molecule has 1 aromatic heterocycles. The first-order chi connectivity index (χ1) is 9.42. The number of halogens is 3. The van der Waals surface area contributed by atoms with Gasteiger partial charge in [0.15, 0.2) is 0 Å². The highest BCUT2D eigenvalue weighted by molar-refractivity contribution is 5.48. The van der Waals surface area contributed by atoms with E-state index in [4.69, 9.17) is 4.74 Å². The second-order valence-electron chi connectivity index (χ2n) is 4.72. The minimum atomic E-state index is -4.56. The van der Waals surface area contributed by atoms with E-state index in [1.807, 2.05) is 0 Å². The first-order valence-electron chi connectivity index (χ1n) is 6.35. The summed E-state index contributed by atoms with van der Waals surface area (Å²) in [6, 6.07) is 1.54. The summed E-state index contributed by atoms with van der Waals surface area (Å²) in [4.78, 5) is 6.96. The summed E-state index contributed by atoms with van der Waals surface area (Å²) in [5.41, 5.74) is 0. The van der Waals surface area contributed by atoms with Crippen LogP contribution in [0.15, 0.2) is 6.07 Å². The van der Waals surface area contributed by atoms with Gasteiger partial charge in [-0.1, -0.05) is 0 Å². The van der Waals surface area contributed by atoms with Crippen LogP contribution in [0.2, 0.25) is 0 Å². The Labute approximate surface area is 114 Å². The van der Waals surface area contributed by atoms with Crippen molar-refractivity contribution in [1.29, 1.82) is 0 Å². The maximum atomic E-state index is 12.7. The van der Waals surface area contributed by atoms with E-state index in [2.05, 4.69) is 20.6 Å². The molecule has 0 amide bonds. The van der Waals surface area contributed by atoms with E-state index < -0.39 is 12.0 Å². The van der Waals surface area contributed by atoms with Crippen LogP contribution in [0, 0.1) is 0 Å². The predicted molar refractivity (Wildman–Crippen MR) is 68.6 cm³/mol. The number of methoxy groups -OCH3 is 1. The molecule has 1 heterocycles. The molecular weight excluding hydrogens is 273 g/mol. The molecule has 1 aliphatic carbocycles. The molecule has 0 aliphatic heterocycles. The largest absolute Gasteiger partial charge is 0.451 e. The third-order valence-corrected chi connectivity index (χ3v) is 3.31. The van der Waals surface area contributed by atoms with Crippen LogP contribution in [0.4, 0.5) is 24.8 Å². The fourth-order valence-corrected chi connectivity index (χ4v) is 2.27. The van der Waals surface area contributed by atoms with Gasteiger partial charge in [0.2, 0.25) is 5.82 Å². The van der Waals surface area contributed by atoms with Crippen molar-refractivity contribution < 1.29 is 17.9 Å². The lowest BCUT2D eigenvalue weighted by atomic mass is 10.2. The number of nitrogens with one attached hydrogen (secondary N) is 2. The molecule has 0 bridgehead atoms. The van der Waals surface area contributed by atoms with E-state index in [1.165, 1.54) is 13.1 Å². The topological polar surface area (TPSA) is 59.1 Å². The number of aromatic nitrogens is 2. The maximum Gasteiger partial charge on any atom is 0.451 e. The van der Waals surface area contributed by atoms with Crippen molar-refractivity contribution >= 4 is 11.6 Å². The Morgan fingerprint density at radius 3 is 2.50 bits per heavy atom. The monoisotopic (exact) mass is 290 g/mol. The average molecular weight is 290 g/mol. The Kier molecular flexibility index (Phi) is 4.32. The van der Waals surface area contributed by atoms with E-state index in [9.17, 15) is 13.2 Å². The van der Waals surface area contributed by atoms with Crippen molar-refractivity contribution in [2.24, 2.45) is 0 Å². The number of alkyl halides is 3. The van der Waals surface area contributed by atoms with Gasteiger partial charge in [-0.25, -0.2) is 9.97 Å². The Hall–Kier alpha value is -1.57. The van der Waals surface area contributed by atoms with Crippen LogP contribution in [-0.2, 0) is 10.9 Å². The van der Waals surface area contributed by atoms with Crippen LogP contribution in [0.5, 0.6) is 0 Å². The van der Waals surface area contributed by atoms with Crippen molar-refractivity contribution in [3.8, 4) is 0 Å². The summed E-state index contributed by atoms with van der Waals surface area (Å²) in [6.07, 6.45) is -1.91. The minimum absolute atomic E-state index is 0.0700. The molecular formula is C12H17F3N4O. The number of rotatable bonds is 4. The summed E-state index contributed by atoms with van der Waals surface area (Å²) in [6.45, 7) is 0. The molecule has 2 unspecified atom stereocenters. The van der Waals surface area contributed by atoms with Crippen molar-refractivity contribution in [2.75, 3.05) is 24.8 Å². The molecule has 20 heavy (non-hydrogen) atoms. The third-order valence-electron chi connectivity index (χ3n) is 3.31. The van der Waals surface area contributed by atoms with E-state index in [-0.39, 0.29) is 23.8 Å². The summed E-state index contributed by atoms with van der Waals surface area (Å²) in [5, 5.41) is 5.63. The van der Waals surface area contributed by atoms with Gasteiger partial charge in [-0.15, -0.1) is 0 Å². The molecule has 0 spiro atoms. The van der Waals surface area contributed by atoms with Crippen LogP contribution in [0.1, 0.15) is 25.1 Å². The molecule has 1 aliphatic rings. The lowest BCUT2D eigenvalue weighted by Crippen LogP contribution is -2.20. The molecule has 2 atom stereocenters. The SMILES string of the molecule is CNc1cc(NC2CCC(OC)C2)nc(C(F)(F)F)n1. The summed E-state index contributed by atoms with van der Waals surface area (Å²) in [7, 11) is 3.15. The number of nitrogens with zero attached hydrogens (tertiary/aromatic N) is 2. The zero-order valence-corrected chi connectivity index (χ0v) is 11.3. The molecule has 0 aromatic carbocycles. The molecule has 2 N–H and O–H groups in total. The highest BCUT2D eigenvalue weighted by Gasteiger charge is 2.35. The van der Waals surface area contributed by atoms with Gasteiger partial charge in [-0.3, -0.25) is 0 Å². The molecule has 1 saturated carbocycles. The molecule has 0 radical (unpaired) electrons. The van der Waals surface area contributed by atoms with Crippen LogP contribution >= 0.6 is 0 Å². The van der Waals surface area contributed by atoms with Gasteiger partial charge in [-0.2, -0.15) is 13.2 Å². The van der Waals surface area contributed by atoms with Gasteiger partial charge in [0.25, 0.3) is 0 Å². The van der Waals surface area contributed by atoms with Gasteiger partial charge < -0.3 is 15.4 Å². The zero-order chi connectivity index (χ0) is 14.8. The van der Waals surface area contributed by atoms with Crippen molar-refractivity contribution in [1.82, 2.24) is 9.97 Å². The molecule has 2 rings (SSSR count). The van der Waals surface area contributed by atoms with E-state index in [1.54, 1.807) is 7.11 Å². The van der Waals surface area contributed by atoms with E-state index in [0.717, 1.165) is 19.3 Å². The van der Waals surface area contributed by atoms with Gasteiger partial charge in [-0.05, 0) is 19.3 Å². The van der Waals surface area contributed by atoms with Gasteiger partial charge in [0.05, 0.1) is 6.10 Å². The van der Waals surface area contributed by atoms with Gasteiger partial charge in [0, 0.05) is 26.3 Å². The van der Waals surface area contributed by atoms with Crippen molar-refractivity contribution in [2.45, 2.75) is 37.6 Å². The highest BCUT2D eigenvalue weighted by atomic mass is 19.4. The van der Waals surface area contributed by atoms with Crippen LogP contribution in [0.25, 0.3) is 0 Å². The first-order valence-corrected chi connectivity index (χ1v) is 6.35. The normalized spacial score (nSPS) is 22.9. The fraction of sp³-hybridized carbons (Fsp3) is 0.667. The number of hydrogen-bond donors (Lipinski definition) is 2. The van der Waals surface area contributed by atoms with Crippen LogP contribution < -0.4 is 10.6 Å². The summed E-state index contributed by atoms with van der Waals surface area (Å²) < 4.78 is 43.4. The smallest absolute Gasteiger partial charge is 0.381 e. The zero-order valence-electron chi connectivity index (χ0n) is 11.3. The third kappa shape index (κ3) is 3.50. The second kappa shape index (κ2) is 5.82. The standard InChI is InChI=1S/C12H17F3N4O/c1-16-9-6-10(19-11(18-9)12(13,14)15)17-7-3-4-8(5-7)20-2/h6-8H,3-5H2,1-2H3,(H2,16,17,18,19). The number of hydrogen-bond acceptors (Lipinski definition) is 5. The Morgan fingerprint density at radius 1 is 1.25 bits per heavy atom. The lowest BCUT2D eigenvalue weighted by molar-refractivity contribution is -0.144. The summed E-state index contributed by atoms with van der Waals surface area (Å²) in [5.74, 6) is -0.831. The number of anilines is 2. The van der Waals surface area contributed by atoms with Gasteiger partial charge in [0.1, 0.15) is 11.6 Å². The molecule has 1 fully saturated rings. The molecule has 5 nitrogen and oxygen atoms in total.